The van der Waals surface area contributed by atoms with Crippen LogP contribution in [-0.2, 0) is 22.6 Å². The largest absolute Gasteiger partial charge is 0.482 e. The van der Waals surface area contributed by atoms with Gasteiger partial charge in [-0.15, -0.1) is 0 Å². The standard InChI is InChI=1S/C27H27BrClFN2O3/c1-2-14-31-27(34)24(15-19-6-4-3-5-7-19)32(17-20-8-11-22(30)12-9-20)26(33)18-35-25-13-10-21(28)16-23(25)29/h3-13,16,24H,2,14-15,17-18H2,1H3,(H,31,34). The first-order chi connectivity index (χ1) is 16.9. The molecule has 0 aromatic heterocycles. The number of carbonyl (C=O) groups excluding carboxylic acids is 2. The van der Waals surface area contributed by atoms with Crippen molar-refractivity contribution in [2.75, 3.05) is 13.2 Å². The van der Waals surface area contributed by atoms with Crippen LogP contribution in [0.2, 0.25) is 5.02 Å². The number of nitrogens with zero attached hydrogens (tertiary/aromatic N) is 1. The van der Waals surface area contributed by atoms with Crippen molar-refractivity contribution in [2.24, 2.45) is 0 Å². The highest BCUT2D eigenvalue weighted by Gasteiger charge is 2.30. The molecule has 0 fully saturated rings. The van der Waals surface area contributed by atoms with Gasteiger partial charge >= 0.3 is 0 Å². The smallest absolute Gasteiger partial charge is 0.261 e. The van der Waals surface area contributed by atoms with Gasteiger partial charge in [-0.05, 0) is 47.9 Å². The van der Waals surface area contributed by atoms with E-state index in [0.717, 1.165) is 16.5 Å². The molecular weight excluding hydrogens is 535 g/mol. The fourth-order valence-corrected chi connectivity index (χ4v) is 4.25. The quantitative estimate of drug-likeness (QED) is 0.323. The molecule has 2 amide bonds. The molecule has 5 nitrogen and oxygen atoms in total. The van der Waals surface area contributed by atoms with Crippen LogP contribution in [0.5, 0.6) is 5.75 Å². The van der Waals surface area contributed by atoms with Gasteiger partial charge in [-0.3, -0.25) is 9.59 Å². The molecule has 0 aliphatic heterocycles. The van der Waals surface area contributed by atoms with Crippen molar-refractivity contribution in [3.05, 3.63) is 99.2 Å². The van der Waals surface area contributed by atoms with Crippen LogP contribution < -0.4 is 10.1 Å². The SMILES string of the molecule is CCCNC(=O)C(Cc1ccccc1)N(Cc1ccc(F)cc1)C(=O)COc1ccc(Br)cc1Cl. The van der Waals surface area contributed by atoms with E-state index in [0.29, 0.717) is 29.3 Å². The minimum atomic E-state index is -0.787. The zero-order valence-electron chi connectivity index (χ0n) is 19.3. The molecule has 184 valence electrons. The van der Waals surface area contributed by atoms with Gasteiger partial charge in [0, 0.05) is 24.0 Å². The molecule has 0 bridgehead atoms. The van der Waals surface area contributed by atoms with Gasteiger partial charge in [-0.25, -0.2) is 4.39 Å². The topological polar surface area (TPSA) is 58.6 Å². The second-order valence-corrected chi connectivity index (χ2v) is 9.33. The number of carbonyl (C=O) groups is 2. The molecule has 3 aromatic carbocycles. The minimum Gasteiger partial charge on any atom is -0.482 e. The molecule has 35 heavy (non-hydrogen) atoms. The third-order valence-corrected chi connectivity index (χ3v) is 6.12. The Morgan fingerprint density at radius 2 is 1.77 bits per heavy atom. The maximum absolute atomic E-state index is 13.5. The summed E-state index contributed by atoms with van der Waals surface area (Å²) >= 11 is 9.58. The lowest BCUT2D eigenvalue weighted by Crippen LogP contribution is -2.51. The first-order valence-corrected chi connectivity index (χ1v) is 12.5. The first-order valence-electron chi connectivity index (χ1n) is 11.3. The summed E-state index contributed by atoms with van der Waals surface area (Å²) in [5.74, 6) is -0.657. The van der Waals surface area contributed by atoms with E-state index in [4.69, 9.17) is 16.3 Å². The molecule has 1 N–H and O–H groups in total. The predicted molar refractivity (Wildman–Crippen MR) is 139 cm³/mol. The fraction of sp³-hybridized carbons (Fsp3) is 0.259. The molecule has 1 atom stereocenters. The highest BCUT2D eigenvalue weighted by molar-refractivity contribution is 9.10. The molecule has 0 saturated heterocycles. The fourth-order valence-electron chi connectivity index (χ4n) is 3.52. The van der Waals surface area contributed by atoms with Gasteiger partial charge in [0.2, 0.25) is 5.91 Å². The summed E-state index contributed by atoms with van der Waals surface area (Å²) < 4.78 is 20.0. The molecule has 0 saturated carbocycles. The summed E-state index contributed by atoms with van der Waals surface area (Å²) in [4.78, 5) is 28.2. The Bertz CT molecular complexity index is 1130. The van der Waals surface area contributed by atoms with Crippen molar-refractivity contribution in [3.8, 4) is 5.75 Å². The van der Waals surface area contributed by atoms with Crippen LogP contribution >= 0.6 is 27.5 Å². The number of hydrogen-bond acceptors (Lipinski definition) is 3. The first kappa shape index (κ1) is 26.7. The van der Waals surface area contributed by atoms with Gasteiger partial charge in [0.05, 0.1) is 5.02 Å². The third-order valence-electron chi connectivity index (χ3n) is 5.33. The maximum Gasteiger partial charge on any atom is 0.261 e. The number of hydrogen-bond donors (Lipinski definition) is 1. The lowest BCUT2D eigenvalue weighted by molar-refractivity contribution is -0.142. The second-order valence-electron chi connectivity index (χ2n) is 8.01. The lowest BCUT2D eigenvalue weighted by atomic mass is 10.0. The summed E-state index contributed by atoms with van der Waals surface area (Å²) in [6, 6.07) is 19.7. The van der Waals surface area contributed by atoms with E-state index < -0.39 is 6.04 Å². The number of benzene rings is 3. The molecule has 1 unspecified atom stereocenters. The van der Waals surface area contributed by atoms with E-state index in [1.165, 1.54) is 17.0 Å². The summed E-state index contributed by atoms with van der Waals surface area (Å²) in [5.41, 5.74) is 1.61. The molecule has 3 aromatic rings. The van der Waals surface area contributed by atoms with Crippen LogP contribution in [0.15, 0.2) is 77.3 Å². The summed E-state index contributed by atoms with van der Waals surface area (Å²) in [7, 11) is 0. The van der Waals surface area contributed by atoms with Crippen molar-refractivity contribution in [1.82, 2.24) is 10.2 Å². The molecule has 0 aliphatic carbocycles. The molecule has 0 radical (unpaired) electrons. The van der Waals surface area contributed by atoms with Crippen molar-refractivity contribution in [2.45, 2.75) is 32.4 Å². The van der Waals surface area contributed by atoms with E-state index in [1.54, 1.807) is 30.3 Å². The van der Waals surface area contributed by atoms with Crippen LogP contribution in [0.1, 0.15) is 24.5 Å². The summed E-state index contributed by atoms with van der Waals surface area (Å²) in [5, 5.41) is 3.27. The summed E-state index contributed by atoms with van der Waals surface area (Å²) in [6.45, 7) is 2.26. The van der Waals surface area contributed by atoms with Crippen LogP contribution in [0.25, 0.3) is 0 Å². The van der Waals surface area contributed by atoms with Crippen molar-refractivity contribution in [3.63, 3.8) is 0 Å². The lowest BCUT2D eigenvalue weighted by Gasteiger charge is -2.31. The van der Waals surface area contributed by atoms with E-state index in [9.17, 15) is 14.0 Å². The van der Waals surface area contributed by atoms with Crippen LogP contribution in [0.4, 0.5) is 4.39 Å². The van der Waals surface area contributed by atoms with Gasteiger partial charge in [0.15, 0.2) is 6.61 Å². The average molecular weight is 562 g/mol. The average Bonchev–Trinajstić information content (AvgIpc) is 2.85. The van der Waals surface area contributed by atoms with Crippen molar-refractivity contribution >= 4 is 39.3 Å². The Labute approximate surface area is 218 Å². The third kappa shape index (κ3) is 8.08. The van der Waals surface area contributed by atoms with E-state index >= 15 is 0 Å². The van der Waals surface area contributed by atoms with Gasteiger partial charge in [-0.2, -0.15) is 0 Å². The number of nitrogens with one attached hydrogen (secondary N) is 1. The van der Waals surface area contributed by atoms with Gasteiger partial charge in [0.1, 0.15) is 17.6 Å². The van der Waals surface area contributed by atoms with E-state index in [-0.39, 0.29) is 30.8 Å². The van der Waals surface area contributed by atoms with Gasteiger partial charge in [-0.1, -0.05) is 76.9 Å². The Morgan fingerprint density at radius 1 is 1.06 bits per heavy atom. The molecule has 0 heterocycles. The number of ether oxygens (including phenoxy) is 1. The van der Waals surface area contributed by atoms with Crippen molar-refractivity contribution < 1.29 is 18.7 Å². The van der Waals surface area contributed by atoms with Gasteiger partial charge < -0.3 is 15.0 Å². The Hall–Kier alpha value is -2.90. The maximum atomic E-state index is 13.5. The highest BCUT2D eigenvalue weighted by atomic mass is 79.9. The zero-order valence-corrected chi connectivity index (χ0v) is 21.7. The van der Waals surface area contributed by atoms with Crippen LogP contribution in [0, 0.1) is 5.82 Å². The van der Waals surface area contributed by atoms with E-state index in [1.807, 2.05) is 37.3 Å². The van der Waals surface area contributed by atoms with Gasteiger partial charge in [0.25, 0.3) is 5.91 Å². The summed E-state index contributed by atoms with van der Waals surface area (Å²) in [6.07, 6.45) is 1.09. The molecule has 0 aliphatic rings. The predicted octanol–water partition coefficient (Wildman–Crippen LogP) is 5.79. The Kier molecular flexibility index (Phi) is 10.1. The Balaban J connectivity index is 1.89. The number of rotatable bonds is 11. The minimum absolute atomic E-state index is 0.119. The number of halogens is 3. The zero-order chi connectivity index (χ0) is 25.2. The van der Waals surface area contributed by atoms with Crippen molar-refractivity contribution in [1.29, 1.82) is 0 Å². The normalized spacial score (nSPS) is 11.5. The molecule has 0 spiro atoms. The molecular formula is C27H27BrClFN2O3. The van der Waals surface area contributed by atoms with Crippen LogP contribution in [0.3, 0.4) is 0 Å². The van der Waals surface area contributed by atoms with E-state index in [2.05, 4.69) is 21.2 Å². The monoisotopic (exact) mass is 560 g/mol. The number of amides is 2. The molecule has 8 heteroatoms. The van der Waals surface area contributed by atoms with Crippen LogP contribution in [-0.4, -0.2) is 35.9 Å². The Morgan fingerprint density at radius 3 is 2.43 bits per heavy atom. The second kappa shape index (κ2) is 13.3. The highest BCUT2D eigenvalue weighted by Crippen LogP contribution is 2.28. The molecule has 3 rings (SSSR count).